The number of halogens is 1. The molecule has 0 saturated carbocycles. The smallest absolute Gasteiger partial charge is 0.146 e. The summed E-state index contributed by atoms with van der Waals surface area (Å²) in [6.45, 7) is 0. The molecular weight excluding hydrogens is 239 g/mol. The Hall–Kier alpha value is -2.34. The Morgan fingerprint density at radius 2 is 1.74 bits per heavy atom. The van der Waals surface area contributed by atoms with Crippen LogP contribution in [0.3, 0.4) is 0 Å². The second-order valence-electron chi connectivity index (χ2n) is 4.33. The summed E-state index contributed by atoms with van der Waals surface area (Å²) in [6.07, 6.45) is 1.44. The zero-order chi connectivity index (χ0) is 13.5. The molecule has 0 radical (unpaired) electrons. The number of hydrogen-bond donors (Lipinski definition) is 1. The molecule has 0 aromatic heterocycles. The molecule has 1 atom stereocenters. The molecule has 2 aromatic carbocycles. The number of anilines is 1. The minimum atomic E-state index is -0.392. The van der Waals surface area contributed by atoms with Crippen LogP contribution in [0, 0.1) is 17.1 Å². The zero-order valence-electron chi connectivity index (χ0n) is 10.5. The van der Waals surface area contributed by atoms with E-state index >= 15 is 0 Å². The molecule has 1 N–H and O–H groups in total. The van der Waals surface area contributed by atoms with E-state index in [0.717, 1.165) is 6.42 Å². The van der Waals surface area contributed by atoms with E-state index in [1.54, 1.807) is 18.2 Å². The van der Waals surface area contributed by atoms with Crippen LogP contribution in [-0.4, -0.2) is 6.04 Å². The van der Waals surface area contributed by atoms with Crippen molar-refractivity contribution >= 4 is 5.69 Å². The molecule has 0 saturated heterocycles. The van der Waals surface area contributed by atoms with Crippen molar-refractivity contribution in [2.45, 2.75) is 18.9 Å². The minimum Gasteiger partial charge on any atom is -0.367 e. The van der Waals surface area contributed by atoms with Crippen molar-refractivity contribution < 1.29 is 4.39 Å². The lowest BCUT2D eigenvalue weighted by Crippen LogP contribution is -2.18. The van der Waals surface area contributed by atoms with Crippen LogP contribution in [0.4, 0.5) is 10.1 Å². The van der Waals surface area contributed by atoms with Gasteiger partial charge in [0.15, 0.2) is 0 Å². The molecule has 2 rings (SSSR count). The number of nitrogens with zero attached hydrogens (tertiary/aromatic N) is 1. The molecule has 2 nitrogen and oxygen atoms in total. The third-order valence-corrected chi connectivity index (χ3v) is 2.92. The molecule has 19 heavy (non-hydrogen) atoms. The number of para-hydroxylation sites is 1. The lowest BCUT2D eigenvalue weighted by atomic mass is 10.1. The van der Waals surface area contributed by atoms with Gasteiger partial charge in [-0.05, 0) is 30.5 Å². The predicted molar refractivity (Wildman–Crippen MR) is 74.2 cm³/mol. The van der Waals surface area contributed by atoms with Gasteiger partial charge in [-0.2, -0.15) is 5.26 Å². The Balaban J connectivity index is 1.95. The number of rotatable bonds is 5. The first-order valence-electron chi connectivity index (χ1n) is 6.24. The van der Waals surface area contributed by atoms with Gasteiger partial charge in [-0.15, -0.1) is 0 Å². The molecule has 0 fully saturated rings. The monoisotopic (exact) mass is 254 g/mol. The third-order valence-electron chi connectivity index (χ3n) is 2.92. The van der Waals surface area contributed by atoms with Crippen molar-refractivity contribution in [2.24, 2.45) is 0 Å². The van der Waals surface area contributed by atoms with Crippen LogP contribution in [-0.2, 0) is 6.42 Å². The number of nitriles is 1. The highest BCUT2D eigenvalue weighted by atomic mass is 19.1. The van der Waals surface area contributed by atoms with Gasteiger partial charge in [-0.3, -0.25) is 0 Å². The SMILES string of the molecule is N#CC(CCc1ccccc1)Nc1ccccc1F. The summed E-state index contributed by atoms with van der Waals surface area (Å²) < 4.78 is 13.5. The van der Waals surface area contributed by atoms with E-state index in [0.29, 0.717) is 12.1 Å². The molecule has 0 aliphatic rings. The topological polar surface area (TPSA) is 35.8 Å². The maximum Gasteiger partial charge on any atom is 0.146 e. The Morgan fingerprint density at radius 1 is 1.05 bits per heavy atom. The van der Waals surface area contributed by atoms with E-state index in [-0.39, 0.29) is 5.82 Å². The number of hydrogen-bond acceptors (Lipinski definition) is 2. The Morgan fingerprint density at radius 3 is 2.42 bits per heavy atom. The van der Waals surface area contributed by atoms with Crippen molar-refractivity contribution in [1.29, 1.82) is 5.26 Å². The zero-order valence-corrected chi connectivity index (χ0v) is 10.5. The predicted octanol–water partition coefficient (Wildman–Crippen LogP) is 3.76. The highest BCUT2D eigenvalue weighted by Crippen LogP contribution is 2.15. The van der Waals surface area contributed by atoms with Gasteiger partial charge in [0.05, 0.1) is 11.8 Å². The van der Waals surface area contributed by atoms with Gasteiger partial charge < -0.3 is 5.32 Å². The normalized spacial score (nSPS) is 11.6. The first kappa shape index (κ1) is 13.1. The summed E-state index contributed by atoms with van der Waals surface area (Å²) in [4.78, 5) is 0. The fraction of sp³-hybridized carbons (Fsp3) is 0.188. The fourth-order valence-corrected chi connectivity index (χ4v) is 1.89. The standard InChI is InChI=1S/C16H15FN2/c17-15-8-4-5-9-16(15)19-14(12-18)11-10-13-6-2-1-3-7-13/h1-9,14,19H,10-11H2. The number of aryl methyl sites for hydroxylation is 1. The molecule has 2 aromatic rings. The summed E-state index contributed by atoms with van der Waals surface area (Å²) in [5, 5.41) is 12.1. The van der Waals surface area contributed by atoms with Crippen molar-refractivity contribution in [3.05, 3.63) is 66.0 Å². The van der Waals surface area contributed by atoms with E-state index in [9.17, 15) is 4.39 Å². The van der Waals surface area contributed by atoms with Crippen LogP contribution in [0.25, 0.3) is 0 Å². The Kier molecular flexibility index (Phi) is 4.52. The van der Waals surface area contributed by atoms with Gasteiger partial charge in [0.25, 0.3) is 0 Å². The molecule has 96 valence electrons. The molecule has 0 heterocycles. The van der Waals surface area contributed by atoms with E-state index in [2.05, 4.69) is 11.4 Å². The van der Waals surface area contributed by atoms with Crippen LogP contribution >= 0.6 is 0 Å². The maximum atomic E-state index is 13.5. The van der Waals surface area contributed by atoms with Crippen LogP contribution < -0.4 is 5.32 Å². The van der Waals surface area contributed by atoms with E-state index in [1.165, 1.54) is 11.6 Å². The fourth-order valence-electron chi connectivity index (χ4n) is 1.89. The second-order valence-corrected chi connectivity index (χ2v) is 4.33. The van der Waals surface area contributed by atoms with E-state index in [1.807, 2.05) is 30.3 Å². The quantitative estimate of drug-likeness (QED) is 0.881. The molecule has 0 spiro atoms. The van der Waals surface area contributed by atoms with Crippen molar-refractivity contribution in [3.63, 3.8) is 0 Å². The number of benzene rings is 2. The summed E-state index contributed by atoms with van der Waals surface area (Å²) in [5.74, 6) is -0.331. The van der Waals surface area contributed by atoms with E-state index in [4.69, 9.17) is 5.26 Å². The first-order valence-corrected chi connectivity index (χ1v) is 6.24. The average molecular weight is 254 g/mol. The van der Waals surface area contributed by atoms with Gasteiger partial charge in [0.1, 0.15) is 11.9 Å². The first-order chi connectivity index (χ1) is 9.29. The Bertz CT molecular complexity index is 560. The minimum absolute atomic E-state index is 0.331. The van der Waals surface area contributed by atoms with Crippen molar-refractivity contribution in [2.75, 3.05) is 5.32 Å². The molecule has 1 unspecified atom stereocenters. The molecular formula is C16H15FN2. The summed E-state index contributed by atoms with van der Waals surface area (Å²) in [7, 11) is 0. The molecule has 3 heteroatoms. The highest BCUT2D eigenvalue weighted by Gasteiger charge is 2.09. The van der Waals surface area contributed by atoms with Crippen LogP contribution in [0.15, 0.2) is 54.6 Å². The van der Waals surface area contributed by atoms with Crippen LogP contribution in [0.5, 0.6) is 0 Å². The Labute approximate surface area is 112 Å². The molecule has 0 aliphatic carbocycles. The lowest BCUT2D eigenvalue weighted by Gasteiger charge is -2.13. The van der Waals surface area contributed by atoms with Gasteiger partial charge in [-0.1, -0.05) is 42.5 Å². The van der Waals surface area contributed by atoms with Gasteiger partial charge in [-0.25, -0.2) is 4.39 Å². The number of nitrogens with one attached hydrogen (secondary N) is 1. The van der Waals surface area contributed by atoms with Gasteiger partial charge in [0, 0.05) is 0 Å². The second kappa shape index (κ2) is 6.55. The summed E-state index contributed by atoms with van der Waals surface area (Å²) in [5.41, 5.74) is 1.56. The third kappa shape index (κ3) is 3.82. The van der Waals surface area contributed by atoms with E-state index < -0.39 is 6.04 Å². The van der Waals surface area contributed by atoms with Crippen LogP contribution in [0.1, 0.15) is 12.0 Å². The summed E-state index contributed by atoms with van der Waals surface area (Å²) >= 11 is 0. The molecule has 0 aliphatic heterocycles. The molecule has 0 amide bonds. The lowest BCUT2D eigenvalue weighted by molar-refractivity contribution is 0.626. The summed E-state index contributed by atoms with van der Waals surface area (Å²) in [6, 6.07) is 18.1. The van der Waals surface area contributed by atoms with Gasteiger partial charge in [0.2, 0.25) is 0 Å². The van der Waals surface area contributed by atoms with Gasteiger partial charge >= 0.3 is 0 Å². The largest absolute Gasteiger partial charge is 0.367 e. The van der Waals surface area contributed by atoms with Crippen molar-refractivity contribution in [3.8, 4) is 6.07 Å². The highest BCUT2D eigenvalue weighted by molar-refractivity contribution is 5.46. The maximum absolute atomic E-state index is 13.5. The average Bonchev–Trinajstić information content (AvgIpc) is 2.46. The molecule has 0 bridgehead atoms. The van der Waals surface area contributed by atoms with Crippen molar-refractivity contribution in [1.82, 2.24) is 0 Å². The van der Waals surface area contributed by atoms with Crippen LogP contribution in [0.2, 0.25) is 0 Å².